The number of hydrogen-bond acceptors (Lipinski definition) is 5. The van der Waals surface area contributed by atoms with Gasteiger partial charge in [-0.15, -0.1) is 0 Å². The maximum absolute atomic E-state index is 14.1. The summed E-state index contributed by atoms with van der Waals surface area (Å²) >= 11 is 0. The highest BCUT2D eigenvalue weighted by Gasteiger charge is 2.67. The van der Waals surface area contributed by atoms with E-state index >= 15 is 0 Å². The molecule has 6 nitrogen and oxygen atoms in total. The van der Waals surface area contributed by atoms with Crippen molar-refractivity contribution in [2.24, 2.45) is 69.1 Å². The highest BCUT2D eigenvalue weighted by molar-refractivity contribution is 5.79. The van der Waals surface area contributed by atoms with Gasteiger partial charge in [-0.1, -0.05) is 54.4 Å². The molecule has 4 aliphatic carbocycles. The minimum absolute atomic E-state index is 0.120. The lowest BCUT2D eigenvalue weighted by atomic mass is 9.37. The Morgan fingerprint density at radius 1 is 0.841 bits per heavy atom. The fraction of sp³-hybridized carbons (Fsp3) is 0.974. The molecule has 6 N–H and O–H groups in total. The van der Waals surface area contributed by atoms with Crippen LogP contribution < -0.4 is 16.8 Å². The average Bonchev–Trinajstić information content (AvgIpc) is 3.34. The van der Waals surface area contributed by atoms with Crippen LogP contribution in [0.2, 0.25) is 0 Å². The van der Waals surface area contributed by atoms with Crippen LogP contribution in [0.25, 0.3) is 0 Å². The topological polar surface area (TPSA) is 105 Å². The highest BCUT2D eigenvalue weighted by atomic mass is 16.3. The standard InChI is InChI=1S/C38H72N4O2/c1-27(2)11-7-12-30(35(44)41-23-10-26-42(24-8-21-39)25-9-22-40)29-15-19-37(5)32(29)13-14-34-36(4)18-17-33(43)28(3)31(36)16-20-38(34,37)6/h27-34,43H,7-26,39-40H2,1-6H3,(H,41,44)/t28-,29-,30-,31-,32-,33+,34-,36-,37-,38-/m0/s1. The summed E-state index contributed by atoms with van der Waals surface area (Å²) in [6, 6.07) is 0. The van der Waals surface area contributed by atoms with E-state index in [9.17, 15) is 9.90 Å². The summed E-state index contributed by atoms with van der Waals surface area (Å²) in [5.41, 5.74) is 12.5. The van der Waals surface area contributed by atoms with Crippen LogP contribution in [0.3, 0.4) is 0 Å². The maximum atomic E-state index is 14.1. The van der Waals surface area contributed by atoms with Gasteiger partial charge in [-0.2, -0.15) is 0 Å². The predicted molar refractivity (Wildman–Crippen MR) is 184 cm³/mol. The molecule has 0 spiro atoms. The first-order chi connectivity index (χ1) is 20.9. The summed E-state index contributed by atoms with van der Waals surface area (Å²) in [7, 11) is 0. The predicted octanol–water partition coefficient (Wildman–Crippen LogP) is 6.59. The number of aliphatic hydroxyl groups excluding tert-OH is 1. The van der Waals surface area contributed by atoms with Gasteiger partial charge in [0.05, 0.1) is 6.10 Å². The second-order valence-corrected chi connectivity index (χ2v) is 17.1. The van der Waals surface area contributed by atoms with Gasteiger partial charge in [-0.25, -0.2) is 0 Å². The molecule has 0 unspecified atom stereocenters. The van der Waals surface area contributed by atoms with Crippen molar-refractivity contribution in [2.45, 2.75) is 138 Å². The summed E-state index contributed by atoms with van der Waals surface area (Å²) < 4.78 is 0. The van der Waals surface area contributed by atoms with Crippen molar-refractivity contribution in [3.8, 4) is 0 Å². The summed E-state index contributed by atoms with van der Waals surface area (Å²) in [4.78, 5) is 16.5. The molecule has 4 saturated carbocycles. The second kappa shape index (κ2) is 15.5. The molecule has 0 radical (unpaired) electrons. The zero-order chi connectivity index (χ0) is 32.1. The lowest BCUT2D eigenvalue weighted by Crippen LogP contribution is -2.62. The molecule has 0 bridgehead atoms. The van der Waals surface area contributed by atoms with Gasteiger partial charge < -0.3 is 26.8 Å². The molecular weight excluding hydrogens is 544 g/mol. The van der Waals surface area contributed by atoms with E-state index in [1.807, 2.05) is 0 Å². The van der Waals surface area contributed by atoms with E-state index < -0.39 is 0 Å². The monoisotopic (exact) mass is 617 g/mol. The lowest BCUT2D eigenvalue weighted by Gasteiger charge is -2.68. The number of nitrogens with zero attached hydrogens (tertiary/aromatic N) is 1. The van der Waals surface area contributed by atoms with Gasteiger partial charge in [0, 0.05) is 12.5 Å². The molecular formula is C38H72N4O2. The minimum atomic E-state index is -0.120. The number of hydrogen-bond donors (Lipinski definition) is 4. The Hall–Kier alpha value is -0.690. The van der Waals surface area contributed by atoms with Gasteiger partial charge in [0.25, 0.3) is 0 Å². The van der Waals surface area contributed by atoms with Gasteiger partial charge in [-0.05, 0) is 162 Å². The van der Waals surface area contributed by atoms with Crippen molar-refractivity contribution in [3.63, 3.8) is 0 Å². The number of carbonyl (C=O) groups is 1. The van der Waals surface area contributed by atoms with Gasteiger partial charge in [0.15, 0.2) is 0 Å². The fourth-order valence-electron chi connectivity index (χ4n) is 11.8. The van der Waals surface area contributed by atoms with Crippen molar-refractivity contribution in [1.82, 2.24) is 10.2 Å². The van der Waals surface area contributed by atoms with Gasteiger partial charge in [0.1, 0.15) is 0 Å². The normalized spacial score (nSPS) is 39.2. The zero-order valence-corrected chi connectivity index (χ0v) is 29.7. The van der Waals surface area contributed by atoms with Gasteiger partial charge in [-0.3, -0.25) is 4.79 Å². The molecule has 0 aliphatic heterocycles. The molecule has 10 atom stereocenters. The van der Waals surface area contributed by atoms with E-state index in [2.05, 4.69) is 51.8 Å². The van der Waals surface area contributed by atoms with Crippen LogP contribution in [0, 0.1) is 57.7 Å². The van der Waals surface area contributed by atoms with Crippen LogP contribution in [0.5, 0.6) is 0 Å². The second-order valence-electron chi connectivity index (χ2n) is 17.1. The number of nitrogens with two attached hydrogens (primary N) is 2. The van der Waals surface area contributed by atoms with E-state index in [0.717, 1.165) is 83.7 Å². The van der Waals surface area contributed by atoms with Crippen molar-refractivity contribution in [3.05, 3.63) is 0 Å². The SMILES string of the molecule is CC(C)CCC[C@H](C(=O)NCCCN(CCCN)CCCN)[C@@H]1CC[C@@]2(C)[C@H]1CC[C@H]1[C@@]3(C)CC[C@@H](O)[C@@H](C)[C@@H]3CC[C@@]12C. The zero-order valence-electron chi connectivity index (χ0n) is 29.7. The first-order valence-electron chi connectivity index (χ1n) is 19.0. The number of carbonyl (C=O) groups excluding carboxylic acids is 1. The van der Waals surface area contributed by atoms with Crippen LogP contribution in [-0.2, 0) is 4.79 Å². The molecule has 0 aromatic heterocycles. The molecule has 256 valence electrons. The fourth-order valence-corrected chi connectivity index (χ4v) is 11.8. The summed E-state index contributed by atoms with van der Waals surface area (Å²) in [5, 5.41) is 14.2. The number of fused-ring (bicyclic) bond motifs is 5. The first kappa shape index (κ1) is 36.2. The Labute approximate surface area is 271 Å². The highest BCUT2D eigenvalue weighted by Crippen LogP contribution is 2.74. The summed E-state index contributed by atoms with van der Waals surface area (Å²) in [5.74, 6) is 4.11. The Morgan fingerprint density at radius 2 is 1.50 bits per heavy atom. The van der Waals surface area contributed by atoms with E-state index in [1.165, 1.54) is 51.4 Å². The molecule has 0 aromatic rings. The molecule has 4 aliphatic rings. The molecule has 0 heterocycles. The van der Waals surface area contributed by atoms with Crippen LogP contribution in [0.15, 0.2) is 0 Å². The van der Waals surface area contributed by atoms with Crippen LogP contribution in [0.4, 0.5) is 0 Å². The molecule has 4 fully saturated rings. The molecule has 6 heteroatoms. The summed E-state index contributed by atoms with van der Waals surface area (Å²) in [6.45, 7) is 20.1. The average molecular weight is 617 g/mol. The van der Waals surface area contributed by atoms with Crippen molar-refractivity contribution in [1.29, 1.82) is 0 Å². The van der Waals surface area contributed by atoms with E-state index in [-0.39, 0.29) is 12.0 Å². The number of rotatable bonds is 16. The summed E-state index contributed by atoms with van der Waals surface area (Å²) in [6.07, 6.45) is 16.1. The van der Waals surface area contributed by atoms with Gasteiger partial charge >= 0.3 is 0 Å². The number of nitrogens with one attached hydrogen (secondary N) is 1. The molecule has 0 saturated heterocycles. The first-order valence-corrected chi connectivity index (χ1v) is 19.0. The molecule has 1 amide bonds. The van der Waals surface area contributed by atoms with Crippen molar-refractivity contribution in [2.75, 3.05) is 39.3 Å². The number of amides is 1. The third-order valence-corrected chi connectivity index (χ3v) is 14.5. The van der Waals surface area contributed by atoms with Crippen molar-refractivity contribution >= 4 is 5.91 Å². The number of aliphatic hydroxyl groups is 1. The third-order valence-electron chi connectivity index (χ3n) is 14.5. The van der Waals surface area contributed by atoms with Crippen LogP contribution >= 0.6 is 0 Å². The lowest BCUT2D eigenvalue weighted by molar-refractivity contribution is -0.203. The minimum Gasteiger partial charge on any atom is -0.393 e. The van der Waals surface area contributed by atoms with Crippen LogP contribution in [-0.4, -0.2) is 61.3 Å². The smallest absolute Gasteiger partial charge is 0.223 e. The quantitative estimate of drug-likeness (QED) is 0.147. The van der Waals surface area contributed by atoms with E-state index in [4.69, 9.17) is 11.5 Å². The van der Waals surface area contributed by atoms with E-state index in [0.29, 0.717) is 51.7 Å². The Kier molecular flexibility index (Phi) is 12.7. The van der Waals surface area contributed by atoms with Crippen molar-refractivity contribution < 1.29 is 9.90 Å². The maximum Gasteiger partial charge on any atom is 0.223 e. The Morgan fingerprint density at radius 3 is 2.16 bits per heavy atom. The largest absolute Gasteiger partial charge is 0.393 e. The molecule has 44 heavy (non-hydrogen) atoms. The Balaban J connectivity index is 1.45. The van der Waals surface area contributed by atoms with Gasteiger partial charge in [0.2, 0.25) is 5.91 Å². The molecule has 0 aromatic carbocycles. The van der Waals surface area contributed by atoms with E-state index in [1.54, 1.807) is 0 Å². The third kappa shape index (κ3) is 7.24. The Bertz CT molecular complexity index is 905. The van der Waals surface area contributed by atoms with Crippen LogP contribution in [0.1, 0.15) is 131 Å². The molecule has 4 rings (SSSR count).